The lowest BCUT2D eigenvalue weighted by molar-refractivity contribution is 0.643. The van der Waals surface area contributed by atoms with Gasteiger partial charge < -0.3 is 5.32 Å². The fraction of sp³-hybridized carbons (Fsp3) is 0.556. The Balaban J connectivity index is 1.75. The van der Waals surface area contributed by atoms with E-state index in [0.29, 0.717) is 0 Å². The second-order valence-corrected chi connectivity index (χ2v) is 4.67. The standard InChI is InChI=1S/C9H12ClNS/c10-8-3-4-12-9(8)6-11-5-7-1-2-7/h3-4,7,11H,1-2,5-6H2. The molecule has 1 saturated carbocycles. The molecule has 0 saturated heterocycles. The van der Waals surface area contributed by atoms with Crippen molar-refractivity contribution in [1.82, 2.24) is 5.32 Å². The fourth-order valence-corrected chi connectivity index (χ4v) is 2.24. The van der Waals surface area contributed by atoms with Crippen molar-refractivity contribution in [2.45, 2.75) is 19.4 Å². The molecule has 0 amide bonds. The van der Waals surface area contributed by atoms with E-state index in [2.05, 4.69) is 5.32 Å². The summed E-state index contributed by atoms with van der Waals surface area (Å²) in [6.45, 7) is 2.10. The van der Waals surface area contributed by atoms with Crippen LogP contribution in [0.5, 0.6) is 0 Å². The molecule has 0 unspecified atom stereocenters. The highest BCUT2D eigenvalue weighted by molar-refractivity contribution is 7.10. The zero-order chi connectivity index (χ0) is 8.39. The van der Waals surface area contributed by atoms with E-state index in [9.17, 15) is 0 Å². The second-order valence-electron chi connectivity index (χ2n) is 3.27. The van der Waals surface area contributed by atoms with Crippen molar-refractivity contribution >= 4 is 22.9 Å². The quantitative estimate of drug-likeness (QED) is 0.790. The maximum atomic E-state index is 5.94. The van der Waals surface area contributed by atoms with Gasteiger partial charge in [0.2, 0.25) is 0 Å². The summed E-state index contributed by atoms with van der Waals surface area (Å²) in [7, 11) is 0. The largest absolute Gasteiger partial charge is 0.312 e. The lowest BCUT2D eigenvalue weighted by Gasteiger charge is -2.00. The van der Waals surface area contributed by atoms with Crippen LogP contribution >= 0.6 is 22.9 Å². The summed E-state index contributed by atoms with van der Waals surface area (Å²) < 4.78 is 0. The van der Waals surface area contributed by atoms with E-state index >= 15 is 0 Å². The molecule has 0 radical (unpaired) electrons. The molecule has 0 aliphatic heterocycles. The monoisotopic (exact) mass is 201 g/mol. The predicted octanol–water partition coefficient (Wildman–Crippen LogP) is 2.90. The lowest BCUT2D eigenvalue weighted by atomic mass is 10.4. The van der Waals surface area contributed by atoms with Gasteiger partial charge in [-0.2, -0.15) is 0 Å². The van der Waals surface area contributed by atoms with Crippen molar-refractivity contribution in [3.63, 3.8) is 0 Å². The highest BCUT2D eigenvalue weighted by Gasteiger charge is 2.20. The summed E-state index contributed by atoms with van der Waals surface area (Å²) in [6.07, 6.45) is 2.82. The van der Waals surface area contributed by atoms with E-state index < -0.39 is 0 Å². The molecule has 2 rings (SSSR count). The van der Waals surface area contributed by atoms with Crippen LogP contribution in [0.1, 0.15) is 17.7 Å². The van der Waals surface area contributed by atoms with Gasteiger partial charge in [-0.05, 0) is 36.8 Å². The zero-order valence-electron chi connectivity index (χ0n) is 6.85. The number of hydrogen-bond donors (Lipinski definition) is 1. The first-order valence-corrected chi connectivity index (χ1v) is 5.54. The first kappa shape index (κ1) is 8.54. The summed E-state index contributed by atoms with van der Waals surface area (Å²) in [4.78, 5) is 1.26. The predicted molar refractivity (Wildman–Crippen MR) is 53.8 cm³/mol. The van der Waals surface area contributed by atoms with E-state index in [-0.39, 0.29) is 0 Å². The maximum absolute atomic E-state index is 5.94. The second kappa shape index (κ2) is 3.77. The van der Waals surface area contributed by atoms with Crippen molar-refractivity contribution in [3.05, 3.63) is 21.3 Å². The third kappa shape index (κ3) is 2.22. The highest BCUT2D eigenvalue weighted by atomic mass is 35.5. The zero-order valence-corrected chi connectivity index (χ0v) is 8.42. The molecular weight excluding hydrogens is 190 g/mol. The summed E-state index contributed by atoms with van der Waals surface area (Å²) in [6, 6.07) is 1.96. The van der Waals surface area contributed by atoms with Gasteiger partial charge in [-0.3, -0.25) is 0 Å². The average Bonchev–Trinajstić information content (AvgIpc) is 2.78. The van der Waals surface area contributed by atoms with Crippen molar-refractivity contribution in [1.29, 1.82) is 0 Å². The van der Waals surface area contributed by atoms with Crippen molar-refractivity contribution in [2.24, 2.45) is 5.92 Å². The van der Waals surface area contributed by atoms with Crippen molar-refractivity contribution in [3.8, 4) is 0 Å². The van der Waals surface area contributed by atoms with Gasteiger partial charge in [0, 0.05) is 11.4 Å². The molecule has 0 bridgehead atoms. The minimum Gasteiger partial charge on any atom is -0.312 e. The van der Waals surface area contributed by atoms with Crippen LogP contribution in [0.3, 0.4) is 0 Å². The highest BCUT2D eigenvalue weighted by Crippen LogP contribution is 2.28. The molecular formula is C9H12ClNS. The van der Waals surface area contributed by atoms with Crippen LogP contribution in [0.2, 0.25) is 5.02 Å². The molecule has 0 aromatic carbocycles. The smallest absolute Gasteiger partial charge is 0.0558 e. The molecule has 66 valence electrons. The number of rotatable bonds is 4. The van der Waals surface area contributed by atoms with E-state index in [1.54, 1.807) is 11.3 Å². The van der Waals surface area contributed by atoms with Gasteiger partial charge in [0.1, 0.15) is 0 Å². The van der Waals surface area contributed by atoms with E-state index in [1.165, 1.54) is 17.7 Å². The van der Waals surface area contributed by atoms with Gasteiger partial charge in [0.05, 0.1) is 5.02 Å². The number of thiophene rings is 1. The van der Waals surface area contributed by atoms with Crippen LogP contribution < -0.4 is 5.32 Å². The van der Waals surface area contributed by atoms with Gasteiger partial charge in [-0.25, -0.2) is 0 Å². The third-order valence-electron chi connectivity index (χ3n) is 2.11. The van der Waals surface area contributed by atoms with Crippen LogP contribution in [0, 0.1) is 5.92 Å². The Kier molecular flexibility index (Phi) is 2.69. The molecule has 0 atom stereocenters. The molecule has 1 nitrogen and oxygen atoms in total. The van der Waals surface area contributed by atoms with Gasteiger partial charge in [0.25, 0.3) is 0 Å². The normalized spacial score (nSPS) is 16.8. The van der Waals surface area contributed by atoms with Crippen LogP contribution in [0.4, 0.5) is 0 Å². The molecule has 0 spiro atoms. The third-order valence-corrected chi connectivity index (χ3v) is 3.49. The van der Waals surface area contributed by atoms with Crippen LogP contribution in [0.25, 0.3) is 0 Å². The van der Waals surface area contributed by atoms with Crippen LogP contribution in [0.15, 0.2) is 11.4 Å². The maximum Gasteiger partial charge on any atom is 0.0558 e. The Hall–Kier alpha value is -0.0500. The van der Waals surface area contributed by atoms with Gasteiger partial charge in [-0.15, -0.1) is 11.3 Å². The number of halogens is 1. The molecule has 1 aromatic rings. The Morgan fingerprint density at radius 1 is 1.58 bits per heavy atom. The molecule has 1 aliphatic carbocycles. The Labute approximate surface area is 81.7 Å². The van der Waals surface area contributed by atoms with E-state index in [4.69, 9.17) is 11.6 Å². The Bertz CT molecular complexity index is 255. The van der Waals surface area contributed by atoms with Gasteiger partial charge >= 0.3 is 0 Å². The average molecular weight is 202 g/mol. The summed E-state index contributed by atoms with van der Waals surface area (Å²) in [5, 5.41) is 6.36. The molecule has 1 fully saturated rings. The summed E-state index contributed by atoms with van der Waals surface area (Å²) in [5.41, 5.74) is 0. The van der Waals surface area contributed by atoms with Crippen molar-refractivity contribution in [2.75, 3.05) is 6.54 Å². The molecule has 1 aliphatic rings. The fourth-order valence-electron chi connectivity index (χ4n) is 1.16. The van der Waals surface area contributed by atoms with E-state index in [0.717, 1.165) is 24.0 Å². The number of hydrogen-bond acceptors (Lipinski definition) is 2. The Morgan fingerprint density at radius 3 is 3.00 bits per heavy atom. The van der Waals surface area contributed by atoms with Crippen LogP contribution in [-0.4, -0.2) is 6.54 Å². The first-order valence-electron chi connectivity index (χ1n) is 4.29. The lowest BCUT2D eigenvalue weighted by Crippen LogP contribution is -2.15. The molecule has 1 heterocycles. The van der Waals surface area contributed by atoms with Gasteiger partial charge in [-0.1, -0.05) is 11.6 Å². The molecule has 1 aromatic heterocycles. The van der Waals surface area contributed by atoms with Gasteiger partial charge in [0.15, 0.2) is 0 Å². The topological polar surface area (TPSA) is 12.0 Å². The summed E-state index contributed by atoms with van der Waals surface area (Å²) >= 11 is 7.67. The first-order chi connectivity index (χ1) is 5.86. The molecule has 1 N–H and O–H groups in total. The van der Waals surface area contributed by atoms with Crippen LogP contribution in [-0.2, 0) is 6.54 Å². The molecule has 3 heteroatoms. The molecule has 12 heavy (non-hydrogen) atoms. The Morgan fingerprint density at radius 2 is 2.42 bits per heavy atom. The van der Waals surface area contributed by atoms with Crippen molar-refractivity contribution < 1.29 is 0 Å². The summed E-state index contributed by atoms with van der Waals surface area (Å²) in [5.74, 6) is 0.948. The number of nitrogens with one attached hydrogen (secondary N) is 1. The van der Waals surface area contributed by atoms with E-state index in [1.807, 2.05) is 11.4 Å². The SMILES string of the molecule is Clc1ccsc1CNCC1CC1. The minimum atomic E-state index is 0.906. The minimum absolute atomic E-state index is 0.906.